The summed E-state index contributed by atoms with van der Waals surface area (Å²) in [5.74, 6) is 0.764. The minimum absolute atomic E-state index is 0.257. The van der Waals surface area contributed by atoms with E-state index in [2.05, 4.69) is 50.8 Å². The van der Waals surface area contributed by atoms with E-state index in [9.17, 15) is 4.79 Å². The highest BCUT2D eigenvalue weighted by molar-refractivity contribution is 6.89. The van der Waals surface area contributed by atoms with Crippen LogP contribution in [0.3, 0.4) is 0 Å². The number of nitrogens with zero attached hydrogens (tertiary/aromatic N) is 1. The van der Waals surface area contributed by atoms with Crippen molar-refractivity contribution in [3.63, 3.8) is 0 Å². The lowest BCUT2D eigenvalue weighted by molar-refractivity contribution is 0.157. The molecule has 2 rings (SSSR count). The number of rotatable bonds is 4. The van der Waals surface area contributed by atoms with Gasteiger partial charge in [0, 0.05) is 13.1 Å². The molecule has 0 aliphatic rings. The summed E-state index contributed by atoms with van der Waals surface area (Å²) in [4.78, 5) is 14.2. The summed E-state index contributed by atoms with van der Waals surface area (Å²) in [6, 6.07) is 10.5. The summed E-state index contributed by atoms with van der Waals surface area (Å²) >= 11 is 0. The first-order valence-electron chi connectivity index (χ1n) is 8.29. The Morgan fingerprint density at radius 1 is 1.13 bits per heavy atom. The fraction of sp³-hybridized carbons (Fsp3) is 0.421. The van der Waals surface area contributed by atoms with Gasteiger partial charge in [0.2, 0.25) is 0 Å². The maximum absolute atomic E-state index is 12.5. The van der Waals surface area contributed by atoms with Gasteiger partial charge in [-0.1, -0.05) is 50.0 Å². The van der Waals surface area contributed by atoms with Crippen LogP contribution < -0.4 is 9.92 Å². The second kappa shape index (κ2) is 6.75. The van der Waals surface area contributed by atoms with Crippen molar-refractivity contribution < 1.29 is 9.53 Å². The molecule has 0 bridgehead atoms. The number of ether oxygens (including phenoxy) is 1. The van der Waals surface area contributed by atoms with Gasteiger partial charge in [-0.3, -0.25) is 0 Å². The van der Waals surface area contributed by atoms with Gasteiger partial charge in [-0.05, 0) is 42.3 Å². The summed E-state index contributed by atoms with van der Waals surface area (Å²) in [6.45, 7) is 14.2. The first-order chi connectivity index (χ1) is 10.8. The van der Waals surface area contributed by atoms with Crippen molar-refractivity contribution in [3.05, 3.63) is 35.9 Å². The number of hydrogen-bond donors (Lipinski definition) is 0. The van der Waals surface area contributed by atoms with Crippen LogP contribution in [0.5, 0.6) is 5.75 Å². The maximum Gasteiger partial charge on any atom is 0.415 e. The second-order valence-corrected chi connectivity index (χ2v) is 11.9. The van der Waals surface area contributed by atoms with Crippen LogP contribution in [0.25, 0.3) is 10.8 Å². The average Bonchev–Trinajstić information content (AvgIpc) is 2.50. The van der Waals surface area contributed by atoms with Gasteiger partial charge in [0.05, 0.1) is 8.07 Å². The lowest BCUT2D eigenvalue weighted by Gasteiger charge is -2.25. The van der Waals surface area contributed by atoms with Crippen LogP contribution in [0, 0.1) is 6.92 Å². The minimum atomic E-state index is -1.64. The van der Waals surface area contributed by atoms with Crippen molar-refractivity contribution in [3.8, 4) is 5.75 Å². The number of fused-ring (bicyclic) bond motifs is 1. The first kappa shape index (κ1) is 17.5. The van der Waals surface area contributed by atoms with E-state index in [4.69, 9.17) is 4.74 Å². The number of carbonyl (C=O) groups is 1. The summed E-state index contributed by atoms with van der Waals surface area (Å²) in [5, 5.41) is 3.57. The third-order valence-corrected chi connectivity index (χ3v) is 6.26. The molecule has 23 heavy (non-hydrogen) atoms. The van der Waals surface area contributed by atoms with E-state index in [1.807, 2.05) is 19.9 Å². The van der Waals surface area contributed by atoms with E-state index in [1.54, 1.807) is 4.90 Å². The van der Waals surface area contributed by atoms with Crippen molar-refractivity contribution in [2.24, 2.45) is 0 Å². The quantitative estimate of drug-likeness (QED) is 0.771. The molecule has 0 saturated carbocycles. The Labute approximate surface area is 140 Å². The lowest BCUT2D eigenvalue weighted by Crippen LogP contribution is -2.41. The Bertz CT molecular complexity index is 715. The molecule has 0 atom stereocenters. The first-order valence-corrected chi connectivity index (χ1v) is 11.8. The van der Waals surface area contributed by atoms with Crippen LogP contribution in [-0.4, -0.2) is 32.2 Å². The fourth-order valence-electron chi connectivity index (χ4n) is 2.83. The lowest BCUT2D eigenvalue weighted by atomic mass is 10.0. The highest BCUT2D eigenvalue weighted by Gasteiger charge is 2.26. The van der Waals surface area contributed by atoms with E-state index >= 15 is 0 Å². The Morgan fingerprint density at radius 2 is 1.74 bits per heavy atom. The van der Waals surface area contributed by atoms with E-state index in [0.29, 0.717) is 13.1 Å². The molecule has 0 N–H and O–H groups in total. The summed E-state index contributed by atoms with van der Waals surface area (Å²) in [7, 11) is -1.64. The molecule has 0 aliphatic heterocycles. The fourth-order valence-corrected chi connectivity index (χ4v) is 4.34. The molecule has 0 aromatic heterocycles. The van der Waals surface area contributed by atoms with E-state index in [-0.39, 0.29) is 6.09 Å². The number of carbonyl (C=O) groups excluding carboxylic acids is 1. The summed E-state index contributed by atoms with van der Waals surface area (Å²) in [5.41, 5.74) is 1.06. The van der Waals surface area contributed by atoms with Crippen molar-refractivity contribution in [1.82, 2.24) is 4.90 Å². The molecule has 0 spiro atoms. The molecule has 1 amide bonds. The molecule has 0 radical (unpaired) electrons. The van der Waals surface area contributed by atoms with Gasteiger partial charge in [-0.2, -0.15) is 0 Å². The smallest absolute Gasteiger partial charge is 0.410 e. The van der Waals surface area contributed by atoms with Gasteiger partial charge < -0.3 is 9.64 Å². The third-order valence-electron chi connectivity index (χ3n) is 4.27. The van der Waals surface area contributed by atoms with Crippen LogP contribution in [0.4, 0.5) is 4.79 Å². The Balaban J connectivity index is 2.60. The van der Waals surface area contributed by atoms with Crippen LogP contribution in [0.2, 0.25) is 19.6 Å². The van der Waals surface area contributed by atoms with Crippen LogP contribution >= 0.6 is 0 Å². The van der Waals surface area contributed by atoms with E-state index in [0.717, 1.165) is 16.7 Å². The topological polar surface area (TPSA) is 29.5 Å². The van der Waals surface area contributed by atoms with Crippen LogP contribution in [-0.2, 0) is 0 Å². The zero-order valence-corrected chi connectivity index (χ0v) is 16.1. The van der Waals surface area contributed by atoms with Gasteiger partial charge in [0.1, 0.15) is 5.75 Å². The van der Waals surface area contributed by atoms with Gasteiger partial charge in [-0.25, -0.2) is 4.79 Å². The molecule has 2 aromatic rings. The maximum atomic E-state index is 12.5. The van der Waals surface area contributed by atoms with E-state index in [1.165, 1.54) is 10.6 Å². The molecule has 2 aromatic carbocycles. The van der Waals surface area contributed by atoms with Crippen LogP contribution in [0.15, 0.2) is 30.3 Å². The van der Waals surface area contributed by atoms with Gasteiger partial charge >= 0.3 is 6.09 Å². The normalized spacial score (nSPS) is 11.6. The molecule has 0 unspecified atom stereocenters. The molecule has 0 fully saturated rings. The van der Waals surface area contributed by atoms with Crippen molar-refractivity contribution in [1.29, 1.82) is 0 Å². The van der Waals surface area contributed by atoms with Gasteiger partial charge in [0.25, 0.3) is 0 Å². The summed E-state index contributed by atoms with van der Waals surface area (Å²) in [6.07, 6.45) is -0.257. The minimum Gasteiger partial charge on any atom is -0.410 e. The number of aryl methyl sites for hydroxylation is 1. The highest BCUT2D eigenvalue weighted by atomic mass is 28.3. The molecule has 0 saturated heterocycles. The van der Waals surface area contributed by atoms with Crippen molar-refractivity contribution >= 4 is 30.1 Å². The molecule has 3 nitrogen and oxygen atoms in total. The third kappa shape index (κ3) is 3.58. The molecule has 0 aliphatic carbocycles. The number of hydrogen-bond acceptors (Lipinski definition) is 2. The van der Waals surface area contributed by atoms with Gasteiger partial charge in [-0.15, -0.1) is 0 Å². The molecule has 0 heterocycles. The largest absolute Gasteiger partial charge is 0.415 e. The summed E-state index contributed by atoms with van der Waals surface area (Å²) < 4.78 is 5.88. The Morgan fingerprint density at radius 3 is 2.30 bits per heavy atom. The highest BCUT2D eigenvalue weighted by Crippen LogP contribution is 2.28. The molecule has 4 heteroatoms. The SMILES string of the molecule is CCN(CC)C(=O)Oc1c([Si](C)(C)C)cc2ccccc2c1C. The molecular formula is C19H27NO2Si. The number of amides is 1. The standard InChI is InChI=1S/C19H27NO2Si/c1-7-20(8-2)19(21)22-18-14(3)16-12-10-9-11-15(16)13-17(18)23(4,5)6/h9-13H,7-8H2,1-6H3. The van der Waals surface area contributed by atoms with E-state index < -0.39 is 8.07 Å². The predicted octanol–water partition coefficient (Wildman–Crippen LogP) is 4.53. The van der Waals surface area contributed by atoms with Crippen molar-refractivity contribution in [2.45, 2.75) is 40.4 Å². The Hall–Kier alpha value is -1.81. The average molecular weight is 330 g/mol. The second-order valence-electron chi connectivity index (χ2n) is 6.89. The zero-order valence-electron chi connectivity index (χ0n) is 15.1. The molecule has 124 valence electrons. The predicted molar refractivity (Wildman–Crippen MR) is 101 cm³/mol. The Kier molecular flexibility index (Phi) is 5.15. The zero-order chi connectivity index (χ0) is 17.2. The molecular weight excluding hydrogens is 302 g/mol. The van der Waals surface area contributed by atoms with Gasteiger partial charge in [0.15, 0.2) is 0 Å². The monoisotopic (exact) mass is 329 g/mol. The number of benzene rings is 2. The van der Waals surface area contributed by atoms with Crippen molar-refractivity contribution in [2.75, 3.05) is 13.1 Å². The van der Waals surface area contributed by atoms with Crippen LogP contribution in [0.1, 0.15) is 19.4 Å².